The first-order chi connectivity index (χ1) is 17.6. The molecule has 10 heteroatoms. The van der Waals surface area contributed by atoms with E-state index in [0.29, 0.717) is 22.4 Å². The molecule has 0 saturated heterocycles. The van der Waals surface area contributed by atoms with Crippen LogP contribution >= 0.6 is 0 Å². The van der Waals surface area contributed by atoms with Gasteiger partial charge in [0.1, 0.15) is 5.75 Å². The summed E-state index contributed by atoms with van der Waals surface area (Å²) >= 11 is 0. The van der Waals surface area contributed by atoms with Gasteiger partial charge in [0.05, 0.1) is 23.8 Å². The molecule has 0 saturated carbocycles. The molecule has 10 nitrogen and oxygen atoms in total. The molecular weight excluding hydrogens is 458 g/mol. The van der Waals surface area contributed by atoms with Crippen molar-refractivity contribution in [3.63, 3.8) is 0 Å². The van der Waals surface area contributed by atoms with Gasteiger partial charge in [-0.05, 0) is 47.2 Å². The van der Waals surface area contributed by atoms with Gasteiger partial charge < -0.3 is 4.74 Å². The summed E-state index contributed by atoms with van der Waals surface area (Å²) in [6.07, 6.45) is 5.98. The molecule has 0 radical (unpaired) electrons. The third kappa shape index (κ3) is 4.82. The van der Waals surface area contributed by atoms with E-state index in [9.17, 15) is 9.59 Å². The summed E-state index contributed by atoms with van der Waals surface area (Å²) in [6.45, 7) is 0. The predicted octanol–water partition coefficient (Wildman–Crippen LogP) is 4.00. The lowest BCUT2D eigenvalue weighted by Crippen LogP contribution is -2.19. The Labute approximate surface area is 205 Å². The molecule has 0 aliphatic heterocycles. The van der Waals surface area contributed by atoms with E-state index in [2.05, 4.69) is 35.6 Å². The predicted molar refractivity (Wildman–Crippen MR) is 134 cm³/mol. The second-order valence-corrected chi connectivity index (χ2v) is 7.60. The van der Waals surface area contributed by atoms with Gasteiger partial charge in [0.25, 0.3) is 11.8 Å². The maximum Gasteiger partial charge on any atom is 0.259 e. The van der Waals surface area contributed by atoms with Crippen molar-refractivity contribution < 1.29 is 14.3 Å². The van der Waals surface area contributed by atoms with Crippen LogP contribution in [0.5, 0.6) is 5.75 Å². The van der Waals surface area contributed by atoms with Gasteiger partial charge in [-0.3, -0.25) is 30.2 Å². The number of fused-ring (bicyclic) bond motifs is 1. The van der Waals surface area contributed by atoms with Crippen LogP contribution in [0.3, 0.4) is 0 Å². The fraction of sp³-hybridized carbons (Fsp3) is 0.0385. The van der Waals surface area contributed by atoms with Gasteiger partial charge in [-0.15, -0.1) is 0 Å². The first-order valence-electron chi connectivity index (χ1n) is 10.9. The first kappa shape index (κ1) is 22.5. The lowest BCUT2D eigenvalue weighted by Gasteiger charge is -2.12. The number of nitrogens with one attached hydrogen (secondary N) is 2. The second kappa shape index (κ2) is 9.94. The Bertz CT molecular complexity index is 1490. The summed E-state index contributed by atoms with van der Waals surface area (Å²) in [4.78, 5) is 46.5. The highest BCUT2D eigenvalue weighted by atomic mass is 16.5. The number of methoxy groups -OCH3 is 1. The number of amides is 2. The number of carbonyl (C=O) groups is 2. The monoisotopic (exact) mass is 477 g/mol. The van der Waals surface area contributed by atoms with Crippen molar-refractivity contribution >= 4 is 34.5 Å². The van der Waals surface area contributed by atoms with E-state index in [4.69, 9.17) is 4.74 Å². The molecule has 5 rings (SSSR count). The topological polar surface area (TPSA) is 132 Å². The third-order valence-electron chi connectivity index (χ3n) is 5.24. The fourth-order valence-electron chi connectivity index (χ4n) is 3.51. The van der Waals surface area contributed by atoms with E-state index < -0.39 is 11.8 Å². The number of ether oxygens (including phenoxy) is 1. The number of hydrogen-bond acceptors (Lipinski definition) is 8. The SMILES string of the molecule is COc1cc2ccccc2cc1-c1nc(NC(=O)c2cccnc2)nc(NC(=O)c2cccnc2)n1. The number of carbonyl (C=O) groups excluding carboxylic acids is 2. The molecule has 2 amide bonds. The normalized spacial score (nSPS) is 10.6. The highest BCUT2D eigenvalue weighted by Gasteiger charge is 2.18. The van der Waals surface area contributed by atoms with Crippen LogP contribution in [0.15, 0.2) is 85.5 Å². The second-order valence-electron chi connectivity index (χ2n) is 7.60. The highest BCUT2D eigenvalue weighted by Crippen LogP contribution is 2.33. The lowest BCUT2D eigenvalue weighted by atomic mass is 10.1. The molecule has 0 bridgehead atoms. The van der Waals surface area contributed by atoms with E-state index in [-0.39, 0.29) is 17.7 Å². The molecule has 0 aliphatic carbocycles. The summed E-state index contributed by atoms with van der Waals surface area (Å²) in [7, 11) is 1.55. The quantitative estimate of drug-likeness (QED) is 0.375. The van der Waals surface area contributed by atoms with E-state index in [1.807, 2.05) is 36.4 Å². The van der Waals surface area contributed by atoms with Gasteiger partial charge in [-0.2, -0.15) is 15.0 Å². The van der Waals surface area contributed by atoms with E-state index in [1.54, 1.807) is 43.8 Å². The van der Waals surface area contributed by atoms with Gasteiger partial charge in [0.2, 0.25) is 11.9 Å². The Hall–Kier alpha value is -5.25. The standard InChI is InChI=1S/C26H19N7O3/c1-36-21-13-17-7-3-2-6-16(17)12-20(21)22-29-25(31-23(34)18-8-4-10-27-14-18)33-26(30-22)32-24(35)19-9-5-11-28-15-19/h2-15H,1H3,(H2,29,30,31,32,33,34,35). The van der Waals surface area contributed by atoms with Gasteiger partial charge in [-0.1, -0.05) is 24.3 Å². The zero-order chi connectivity index (χ0) is 24.9. The van der Waals surface area contributed by atoms with Crippen molar-refractivity contribution in [1.82, 2.24) is 24.9 Å². The van der Waals surface area contributed by atoms with Crippen LogP contribution in [0.25, 0.3) is 22.2 Å². The third-order valence-corrected chi connectivity index (χ3v) is 5.24. The molecule has 176 valence electrons. The molecule has 2 aromatic carbocycles. The molecule has 2 N–H and O–H groups in total. The Morgan fingerprint density at radius 2 is 1.28 bits per heavy atom. The Morgan fingerprint density at radius 3 is 1.78 bits per heavy atom. The van der Waals surface area contributed by atoms with Crippen LogP contribution in [-0.2, 0) is 0 Å². The van der Waals surface area contributed by atoms with Crippen molar-refractivity contribution in [1.29, 1.82) is 0 Å². The van der Waals surface area contributed by atoms with Crippen molar-refractivity contribution in [2.45, 2.75) is 0 Å². The van der Waals surface area contributed by atoms with Crippen molar-refractivity contribution in [2.24, 2.45) is 0 Å². The molecule has 0 fully saturated rings. The largest absolute Gasteiger partial charge is 0.496 e. The molecule has 3 heterocycles. The Kier molecular flexibility index (Phi) is 6.22. The number of aromatic nitrogens is 5. The van der Waals surface area contributed by atoms with Crippen LogP contribution in [0.1, 0.15) is 20.7 Å². The molecule has 0 unspecified atom stereocenters. The molecule has 36 heavy (non-hydrogen) atoms. The van der Waals surface area contributed by atoms with Gasteiger partial charge in [0.15, 0.2) is 5.82 Å². The average molecular weight is 477 g/mol. The molecule has 0 aliphatic rings. The maximum atomic E-state index is 12.7. The number of rotatable bonds is 6. The summed E-state index contributed by atoms with van der Waals surface area (Å²) < 4.78 is 5.60. The molecule has 5 aromatic rings. The number of benzene rings is 2. The Morgan fingerprint density at radius 1 is 0.722 bits per heavy atom. The average Bonchev–Trinajstić information content (AvgIpc) is 2.93. The van der Waals surface area contributed by atoms with Crippen molar-refractivity contribution in [3.05, 3.63) is 96.6 Å². The zero-order valence-electron chi connectivity index (χ0n) is 19.0. The van der Waals surface area contributed by atoms with Crippen LogP contribution in [0.2, 0.25) is 0 Å². The van der Waals surface area contributed by atoms with Crippen LogP contribution in [0.4, 0.5) is 11.9 Å². The van der Waals surface area contributed by atoms with Crippen LogP contribution in [0, 0.1) is 0 Å². The van der Waals surface area contributed by atoms with E-state index >= 15 is 0 Å². The minimum absolute atomic E-state index is 0.0504. The fourth-order valence-corrected chi connectivity index (χ4v) is 3.51. The summed E-state index contributed by atoms with van der Waals surface area (Å²) in [5.74, 6) is -0.300. The number of nitrogens with zero attached hydrogens (tertiary/aromatic N) is 5. The number of hydrogen-bond donors (Lipinski definition) is 2. The lowest BCUT2D eigenvalue weighted by molar-refractivity contribution is 0.101. The van der Waals surface area contributed by atoms with Gasteiger partial charge in [-0.25, -0.2) is 0 Å². The summed E-state index contributed by atoms with van der Waals surface area (Å²) in [5, 5.41) is 7.22. The van der Waals surface area contributed by atoms with E-state index in [1.165, 1.54) is 12.4 Å². The Balaban J connectivity index is 1.58. The molecule has 0 spiro atoms. The van der Waals surface area contributed by atoms with Gasteiger partial charge in [0, 0.05) is 24.8 Å². The van der Waals surface area contributed by atoms with Crippen molar-refractivity contribution in [3.8, 4) is 17.1 Å². The molecule has 0 atom stereocenters. The first-order valence-corrected chi connectivity index (χ1v) is 10.9. The summed E-state index contributed by atoms with van der Waals surface area (Å²) in [5.41, 5.74) is 1.21. The number of anilines is 2. The van der Waals surface area contributed by atoms with Crippen molar-refractivity contribution in [2.75, 3.05) is 17.7 Å². The minimum Gasteiger partial charge on any atom is -0.496 e. The smallest absolute Gasteiger partial charge is 0.259 e. The summed E-state index contributed by atoms with van der Waals surface area (Å²) in [6, 6.07) is 18.0. The zero-order valence-corrected chi connectivity index (χ0v) is 19.0. The van der Waals surface area contributed by atoms with Gasteiger partial charge >= 0.3 is 0 Å². The van der Waals surface area contributed by atoms with E-state index in [0.717, 1.165) is 10.8 Å². The highest BCUT2D eigenvalue weighted by molar-refractivity contribution is 6.04. The minimum atomic E-state index is -0.463. The maximum absolute atomic E-state index is 12.7. The van der Waals surface area contributed by atoms with Crippen LogP contribution < -0.4 is 15.4 Å². The molecule has 3 aromatic heterocycles. The van der Waals surface area contributed by atoms with Crippen LogP contribution in [-0.4, -0.2) is 43.8 Å². The molecular formula is C26H19N7O3. The number of pyridine rings is 2.